The second kappa shape index (κ2) is 6.98. The molecule has 0 saturated carbocycles. The lowest BCUT2D eigenvalue weighted by Crippen LogP contribution is -2.19. The van der Waals surface area contributed by atoms with Crippen LogP contribution in [0.2, 0.25) is 0 Å². The van der Waals surface area contributed by atoms with Crippen molar-refractivity contribution in [3.8, 4) is 18.1 Å². The van der Waals surface area contributed by atoms with Crippen molar-refractivity contribution in [3.05, 3.63) is 29.3 Å². The summed E-state index contributed by atoms with van der Waals surface area (Å²) in [5, 5.41) is 3.35. The van der Waals surface area contributed by atoms with Crippen LogP contribution in [-0.2, 0) is 6.42 Å². The molecule has 2 nitrogen and oxygen atoms in total. The van der Waals surface area contributed by atoms with E-state index in [1.165, 1.54) is 11.1 Å². The van der Waals surface area contributed by atoms with Gasteiger partial charge in [0.1, 0.15) is 5.75 Å². The maximum Gasteiger partial charge on any atom is 0.119 e. The lowest BCUT2D eigenvalue weighted by Gasteiger charge is -2.12. The summed E-state index contributed by atoms with van der Waals surface area (Å²) in [6.07, 6.45) is 7.50. The van der Waals surface area contributed by atoms with Crippen molar-refractivity contribution in [2.75, 3.05) is 13.7 Å². The van der Waals surface area contributed by atoms with Gasteiger partial charge in [0, 0.05) is 6.04 Å². The summed E-state index contributed by atoms with van der Waals surface area (Å²) in [5.74, 6) is 3.53. The molecular weight excluding hydrogens is 210 g/mol. The number of rotatable bonds is 3. The zero-order chi connectivity index (χ0) is 12.7. The van der Waals surface area contributed by atoms with Crippen molar-refractivity contribution in [2.24, 2.45) is 0 Å². The molecule has 0 saturated heterocycles. The van der Waals surface area contributed by atoms with Crippen molar-refractivity contribution in [2.45, 2.75) is 32.7 Å². The van der Waals surface area contributed by atoms with Gasteiger partial charge in [0.25, 0.3) is 0 Å². The Kier molecular flexibility index (Phi) is 5.59. The van der Waals surface area contributed by atoms with Gasteiger partial charge in [-0.2, -0.15) is 0 Å². The molecule has 0 aromatic heterocycles. The van der Waals surface area contributed by atoms with E-state index < -0.39 is 0 Å². The van der Waals surface area contributed by atoms with Crippen LogP contribution in [-0.4, -0.2) is 13.7 Å². The van der Waals surface area contributed by atoms with E-state index >= 15 is 0 Å². The molecule has 2 heteroatoms. The largest absolute Gasteiger partial charge is 0.497 e. The second-order valence-electron chi connectivity index (χ2n) is 3.74. The Morgan fingerprint density at radius 2 is 2.24 bits per heavy atom. The highest BCUT2D eigenvalue weighted by Gasteiger charge is 2.21. The van der Waals surface area contributed by atoms with Crippen LogP contribution in [0.5, 0.6) is 5.75 Å². The number of aryl methyl sites for hydroxylation is 1. The van der Waals surface area contributed by atoms with Gasteiger partial charge in [-0.15, -0.1) is 6.42 Å². The highest BCUT2D eigenvalue weighted by Crippen LogP contribution is 2.33. The standard InChI is InChI=1S/C13H15NO.C2H6/c1-3-8-14-13-7-5-10-4-6-11(15-2)9-12(10)13;1-2/h1,4,6,9,13-14H,5,7-8H2,2H3;1-2H3/t13-;/m1./s1. The molecule has 1 aromatic carbocycles. The third-order valence-electron chi connectivity index (χ3n) is 2.88. The highest BCUT2D eigenvalue weighted by molar-refractivity contribution is 5.40. The first-order valence-corrected chi connectivity index (χ1v) is 6.19. The molecule has 1 atom stereocenters. The molecule has 1 N–H and O–H groups in total. The third-order valence-corrected chi connectivity index (χ3v) is 2.88. The SMILES string of the molecule is C#CCN[C@@H]1CCc2ccc(OC)cc21.CC. The monoisotopic (exact) mass is 231 g/mol. The Hall–Kier alpha value is -1.46. The van der Waals surface area contributed by atoms with Crippen LogP contribution in [0.4, 0.5) is 0 Å². The molecule has 92 valence electrons. The molecule has 0 amide bonds. The summed E-state index contributed by atoms with van der Waals surface area (Å²) in [6.45, 7) is 4.63. The second-order valence-corrected chi connectivity index (χ2v) is 3.74. The molecular formula is C15H21NO. The first-order chi connectivity index (χ1) is 8.35. The number of nitrogens with one attached hydrogen (secondary N) is 1. The number of terminal acetylenes is 1. The van der Waals surface area contributed by atoms with E-state index in [9.17, 15) is 0 Å². The topological polar surface area (TPSA) is 21.3 Å². The van der Waals surface area contributed by atoms with Gasteiger partial charge in [-0.1, -0.05) is 25.8 Å². The van der Waals surface area contributed by atoms with E-state index in [4.69, 9.17) is 11.2 Å². The normalized spacial score (nSPS) is 16.5. The lowest BCUT2D eigenvalue weighted by molar-refractivity contribution is 0.413. The lowest BCUT2D eigenvalue weighted by atomic mass is 10.1. The molecule has 0 heterocycles. The quantitative estimate of drug-likeness (QED) is 0.808. The van der Waals surface area contributed by atoms with Crippen molar-refractivity contribution < 1.29 is 4.74 Å². The minimum Gasteiger partial charge on any atom is -0.497 e. The van der Waals surface area contributed by atoms with E-state index in [0.717, 1.165) is 18.6 Å². The van der Waals surface area contributed by atoms with Crippen molar-refractivity contribution in [1.29, 1.82) is 0 Å². The van der Waals surface area contributed by atoms with Crippen LogP contribution in [0.1, 0.15) is 37.4 Å². The number of benzene rings is 1. The van der Waals surface area contributed by atoms with Gasteiger partial charge in [-0.3, -0.25) is 5.32 Å². The molecule has 0 radical (unpaired) electrons. The van der Waals surface area contributed by atoms with E-state index in [0.29, 0.717) is 12.6 Å². The fraction of sp³-hybridized carbons (Fsp3) is 0.467. The minimum atomic E-state index is 0.395. The first kappa shape index (κ1) is 13.6. The number of hydrogen-bond donors (Lipinski definition) is 1. The minimum absolute atomic E-state index is 0.395. The molecule has 0 fully saturated rings. The number of methoxy groups -OCH3 is 1. The third kappa shape index (κ3) is 3.25. The summed E-state index contributed by atoms with van der Waals surface area (Å²) in [4.78, 5) is 0. The maximum absolute atomic E-state index is 5.25. The van der Waals surface area contributed by atoms with Gasteiger partial charge in [0.05, 0.1) is 13.7 Å². The number of ether oxygens (including phenoxy) is 1. The summed E-state index contributed by atoms with van der Waals surface area (Å²) in [6, 6.07) is 6.66. The first-order valence-electron chi connectivity index (χ1n) is 6.19. The van der Waals surface area contributed by atoms with Crippen LogP contribution in [0.3, 0.4) is 0 Å². The van der Waals surface area contributed by atoms with Crippen molar-refractivity contribution >= 4 is 0 Å². The predicted molar refractivity (Wildman–Crippen MR) is 72.2 cm³/mol. The van der Waals surface area contributed by atoms with Gasteiger partial charge in [-0.05, 0) is 36.1 Å². The molecule has 1 aliphatic rings. The van der Waals surface area contributed by atoms with Crippen LogP contribution < -0.4 is 10.1 Å². The van der Waals surface area contributed by atoms with Crippen LogP contribution in [0.15, 0.2) is 18.2 Å². The summed E-state index contributed by atoms with van der Waals surface area (Å²) in [7, 11) is 1.69. The molecule has 0 bridgehead atoms. The number of hydrogen-bond acceptors (Lipinski definition) is 2. The Morgan fingerprint density at radius 3 is 2.88 bits per heavy atom. The number of fused-ring (bicyclic) bond motifs is 1. The van der Waals surface area contributed by atoms with Gasteiger partial charge < -0.3 is 4.74 Å². The van der Waals surface area contributed by atoms with E-state index in [2.05, 4.69) is 23.4 Å². The zero-order valence-electron chi connectivity index (χ0n) is 10.9. The maximum atomic E-state index is 5.25. The van der Waals surface area contributed by atoms with Crippen LogP contribution >= 0.6 is 0 Å². The van der Waals surface area contributed by atoms with Crippen LogP contribution in [0, 0.1) is 12.3 Å². The Morgan fingerprint density at radius 1 is 1.47 bits per heavy atom. The molecule has 0 aliphatic heterocycles. The summed E-state index contributed by atoms with van der Waals surface area (Å²) in [5.41, 5.74) is 2.75. The average Bonchev–Trinajstić information content (AvgIpc) is 2.80. The fourth-order valence-corrected chi connectivity index (χ4v) is 2.10. The molecule has 2 rings (SSSR count). The average molecular weight is 231 g/mol. The fourth-order valence-electron chi connectivity index (χ4n) is 2.10. The highest BCUT2D eigenvalue weighted by atomic mass is 16.5. The molecule has 0 spiro atoms. The Bertz CT molecular complexity index is 392. The zero-order valence-corrected chi connectivity index (χ0v) is 10.9. The van der Waals surface area contributed by atoms with E-state index in [1.54, 1.807) is 7.11 Å². The molecule has 17 heavy (non-hydrogen) atoms. The summed E-state index contributed by atoms with van der Waals surface area (Å²) < 4.78 is 5.22. The van der Waals surface area contributed by atoms with Crippen molar-refractivity contribution in [3.63, 3.8) is 0 Å². The van der Waals surface area contributed by atoms with Gasteiger partial charge >= 0.3 is 0 Å². The molecule has 1 aromatic rings. The predicted octanol–water partition coefficient (Wildman–Crippen LogP) is 2.93. The van der Waals surface area contributed by atoms with E-state index in [-0.39, 0.29) is 0 Å². The van der Waals surface area contributed by atoms with Gasteiger partial charge in [0.2, 0.25) is 0 Å². The Labute approximate surface area is 104 Å². The Balaban J connectivity index is 0.000000686. The molecule has 1 aliphatic carbocycles. The van der Waals surface area contributed by atoms with Crippen molar-refractivity contribution in [1.82, 2.24) is 5.32 Å². The smallest absolute Gasteiger partial charge is 0.119 e. The van der Waals surface area contributed by atoms with Crippen LogP contribution in [0.25, 0.3) is 0 Å². The van der Waals surface area contributed by atoms with E-state index in [1.807, 2.05) is 19.9 Å². The van der Waals surface area contributed by atoms with Gasteiger partial charge in [0.15, 0.2) is 0 Å². The molecule has 0 unspecified atom stereocenters. The van der Waals surface area contributed by atoms with Gasteiger partial charge in [-0.25, -0.2) is 0 Å². The summed E-state index contributed by atoms with van der Waals surface area (Å²) >= 11 is 0.